The van der Waals surface area contributed by atoms with Gasteiger partial charge in [-0.25, -0.2) is 9.97 Å². The zero-order valence-electron chi connectivity index (χ0n) is 49.3. The number of carbonyl (C=O) groups excluding carboxylic acids is 2. The van der Waals surface area contributed by atoms with E-state index in [1.165, 1.54) is 16.7 Å². The molecule has 3 aromatic carbocycles. The van der Waals surface area contributed by atoms with Gasteiger partial charge in [-0.05, 0) is 139 Å². The molecule has 7 aromatic rings. The lowest BCUT2D eigenvalue weighted by Gasteiger charge is -2.24. The summed E-state index contributed by atoms with van der Waals surface area (Å²) in [5.74, 6) is 0.882. The molecule has 10 rings (SSSR count). The number of unbranched alkanes of at least 4 members (excludes halogenated alkanes) is 3. The van der Waals surface area contributed by atoms with Gasteiger partial charge < -0.3 is 19.4 Å². The summed E-state index contributed by atoms with van der Waals surface area (Å²) in [6.07, 6.45) is 9.38. The molecule has 0 radical (unpaired) electrons. The Kier molecular flexibility index (Phi) is 15.9. The van der Waals surface area contributed by atoms with E-state index in [-0.39, 0.29) is 40.4 Å². The summed E-state index contributed by atoms with van der Waals surface area (Å²) in [6, 6.07) is 18.2. The van der Waals surface area contributed by atoms with E-state index < -0.39 is 27.7 Å². The number of ketones is 1. The van der Waals surface area contributed by atoms with Crippen LogP contribution in [-0.4, -0.2) is 55.4 Å². The Balaban J connectivity index is 1.25. The summed E-state index contributed by atoms with van der Waals surface area (Å²) in [5, 5.41) is 0.503. The van der Waals surface area contributed by atoms with Gasteiger partial charge in [0.25, 0.3) is 22.2 Å². The lowest BCUT2D eigenvalue weighted by atomic mass is 9.75. The normalized spacial score (nSPS) is 13.8. The van der Waals surface area contributed by atoms with Crippen molar-refractivity contribution in [2.75, 3.05) is 14.2 Å². The van der Waals surface area contributed by atoms with Crippen LogP contribution in [-0.2, 0) is 31.3 Å². The fourth-order valence-electron chi connectivity index (χ4n) is 13.4. The van der Waals surface area contributed by atoms with E-state index in [1.54, 1.807) is 26.4 Å². The quantitative estimate of drug-likeness (QED) is 0.0549. The van der Waals surface area contributed by atoms with Crippen LogP contribution in [0.15, 0.2) is 79.8 Å². The van der Waals surface area contributed by atoms with Crippen LogP contribution in [0.1, 0.15) is 193 Å². The third kappa shape index (κ3) is 9.00. The molecule has 82 heavy (non-hydrogen) atoms. The molecule has 7 heterocycles. The van der Waals surface area contributed by atoms with Crippen LogP contribution in [0.25, 0.3) is 77.1 Å². The van der Waals surface area contributed by atoms with Crippen LogP contribution < -0.4 is 31.7 Å². The van der Waals surface area contributed by atoms with Gasteiger partial charge in [-0.3, -0.25) is 37.9 Å². The van der Waals surface area contributed by atoms with E-state index in [1.807, 2.05) is 24.3 Å². The lowest BCUT2D eigenvalue weighted by molar-refractivity contribution is 0.0886. The molecule has 4 aromatic heterocycles. The Labute approximate surface area is 477 Å². The first-order valence-corrected chi connectivity index (χ1v) is 29.5. The van der Waals surface area contributed by atoms with Crippen LogP contribution in [0.3, 0.4) is 0 Å². The number of benzene rings is 3. The minimum absolute atomic E-state index is 0.0535. The predicted octanol–water partition coefficient (Wildman–Crippen LogP) is 13.6. The number of allylic oxidation sites excluding steroid dienone is 4. The third-order valence-electron chi connectivity index (χ3n) is 17.7. The Bertz CT molecular complexity index is 4160. The van der Waals surface area contributed by atoms with Crippen molar-refractivity contribution in [1.29, 1.82) is 0 Å². The molecule has 3 aliphatic rings. The van der Waals surface area contributed by atoms with E-state index >= 15 is 4.79 Å². The number of ether oxygens (including phenoxy) is 2. The summed E-state index contributed by atoms with van der Waals surface area (Å²) in [6.45, 7) is 19.3. The summed E-state index contributed by atoms with van der Waals surface area (Å²) in [4.78, 5) is 102. The highest BCUT2D eigenvalue weighted by Gasteiger charge is 2.45. The Hall–Kier alpha value is -8.26. The number of methoxy groups -OCH3 is 2. The number of rotatable bonds is 20. The van der Waals surface area contributed by atoms with Crippen molar-refractivity contribution in [2.45, 2.75) is 158 Å². The van der Waals surface area contributed by atoms with Crippen molar-refractivity contribution in [3.05, 3.63) is 158 Å². The lowest BCUT2D eigenvalue weighted by Crippen LogP contribution is -2.31. The van der Waals surface area contributed by atoms with Crippen molar-refractivity contribution in [3.63, 3.8) is 0 Å². The fraction of sp³-hybridized carbons (Fsp3) is 0.382. The molecule has 0 aliphatic carbocycles. The number of nitrogens with one attached hydrogen (secondary N) is 2. The number of fused-ring (bicyclic) bond motifs is 10. The van der Waals surface area contributed by atoms with Crippen LogP contribution in [0.4, 0.5) is 0 Å². The largest absolute Gasteiger partial charge is 0.496 e. The number of aryl methyl sites for hydroxylation is 2. The maximum Gasteiger partial charge on any atom is 0.261 e. The van der Waals surface area contributed by atoms with Gasteiger partial charge in [0.1, 0.15) is 17.8 Å². The maximum absolute atomic E-state index is 15.9. The molecule has 8 bridgehead atoms. The number of aromatic nitrogens is 6. The molecule has 424 valence electrons. The highest BCUT2D eigenvalue weighted by atomic mass is 16.5. The molecule has 14 heteroatoms. The van der Waals surface area contributed by atoms with Gasteiger partial charge in [-0.2, -0.15) is 0 Å². The van der Waals surface area contributed by atoms with Gasteiger partial charge in [0.05, 0.1) is 87.3 Å². The van der Waals surface area contributed by atoms with Crippen LogP contribution in [0.5, 0.6) is 11.5 Å². The molecule has 0 saturated carbocycles. The molecule has 2 N–H and O–H groups in total. The van der Waals surface area contributed by atoms with Gasteiger partial charge in [0.15, 0.2) is 5.78 Å². The molecule has 0 fully saturated rings. The average Bonchev–Trinajstić information content (AvgIpc) is 4.41. The first kappa shape index (κ1) is 57.0. The Morgan fingerprint density at radius 3 is 1.56 bits per heavy atom. The molecule has 0 saturated heterocycles. The maximum atomic E-state index is 15.9. The van der Waals surface area contributed by atoms with Gasteiger partial charge in [-0.1, -0.05) is 106 Å². The number of H-pyrrole nitrogens is 2. The molecule has 0 amide bonds. The number of nitrogens with zero attached hydrogens (tertiary/aromatic N) is 4. The number of aromatic amines is 2. The highest BCUT2D eigenvalue weighted by Crippen LogP contribution is 2.50. The van der Waals surface area contributed by atoms with E-state index in [2.05, 4.69) is 84.4 Å². The summed E-state index contributed by atoms with van der Waals surface area (Å²) in [7, 11) is 3.20. The van der Waals surface area contributed by atoms with Crippen molar-refractivity contribution < 1.29 is 19.1 Å². The van der Waals surface area contributed by atoms with E-state index in [9.17, 15) is 24.0 Å². The van der Waals surface area contributed by atoms with E-state index in [0.717, 1.165) is 108 Å². The van der Waals surface area contributed by atoms with Crippen LogP contribution >= 0.6 is 0 Å². The molecule has 3 aliphatic heterocycles. The zero-order valence-corrected chi connectivity index (χ0v) is 49.3. The molecular formula is C68H74N6O8. The molecular weight excluding hydrogens is 1030 g/mol. The first-order valence-electron chi connectivity index (χ1n) is 29.5. The summed E-state index contributed by atoms with van der Waals surface area (Å²) in [5.41, 5.74) is 13.3. The number of Topliss-reactive ketones (excluding diaryl/α,β-unsaturated/α-hetero) is 1. The number of carbonyl (C=O) groups is 2. The molecule has 14 nitrogen and oxygen atoms in total. The first-order chi connectivity index (χ1) is 39.7. The fourth-order valence-corrected chi connectivity index (χ4v) is 13.4. The van der Waals surface area contributed by atoms with E-state index in [0.29, 0.717) is 103 Å². The summed E-state index contributed by atoms with van der Waals surface area (Å²) >= 11 is 0. The average molecular weight is 1100 g/mol. The monoisotopic (exact) mass is 1100 g/mol. The second-order valence-corrected chi connectivity index (χ2v) is 21.7. The third-order valence-corrected chi connectivity index (χ3v) is 17.7. The van der Waals surface area contributed by atoms with Crippen LogP contribution in [0, 0.1) is 0 Å². The SMILES string of the molecule is CCCCCCn1c(=O)c2cc3c(=O)n(Cc4ccc(-c5c6nc(cc7[nH]c(c(CC)c7CC)c(-c7c(OC)cc(C=O)cc7OC)c7nc(cc8[nH]c5C(=O)C8(CC)CC)C(CC)=C7CC)C(CC)=C6CC)cc4)c(=O)c3cc2c1=O. The smallest absolute Gasteiger partial charge is 0.261 e. The molecule has 0 spiro atoms. The van der Waals surface area contributed by atoms with Crippen molar-refractivity contribution in [2.24, 2.45) is 0 Å². The molecule has 0 unspecified atom stereocenters. The topological polar surface area (TPSA) is 188 Å². The van der Waals surface area contributed by atoms with Crippen molar-refractivity contribution in [3.8, 4) is 33.8 Å². The van der Waals surface area contributed by atoms with Gasteiger partial charge in [0, 0.05) is 34.4 Å². The number of hydrogen-bond donors (Lipinski definition) is 2. The van der Waals surface area contributed by atoms with Gasteiger partial charge in [-0.15, -0.1) is 0 Å². The van der Waals surface area contributed by atoms with Crippen molar-refractivity contribution >= 4 is 66.9 Å². The van der Waals surface area contributed by atoms with Crippen LogP contribution in [0.2, 0.25) is 0 Å². The second-order valence-electron chi connectivity index (χ2n) is 21.7. The highest BCUT2D eigenvalue weighted by molar-refractivity contribution is 6.12. The second kappa shape index (κ2) is 22.9. The van der Waals surface area contributed by atoms with Gasteiger partial charge in [0.2, 0.25) is 0 Å². The Morgan fingerprint density at radius 1 is 0.549 bits per heavy atom. The van der Waals surface area contributed by atoms with E-state index in [4.69, 9.17) is 19.4 Å². The zero-order chi connectivity index (χ0) is 58.5. The predicted molar refractivity (Wildman–Crippen MR) is 330 cm³/mol. The Morgan fingerprint density at radius 2 is 1.07 bits per heavy atom. The van der Waals surface area contributed by atoms with Gasteiger partial charge >= 0.3 is 0 Å². The standard InChI is InChI=1S/C68H74N6O8/c1-12-21-22-23-28-73-64(77)46-31-48-49(32-47(46)65(73)78)67(80)74(66(48)79)35-37-24-26-39(27-25-37)56-59-43(16-5)40(13-2)50(69-59)33-51-41(14-3)44(17-6)60(70-51)58(57-53(81-10)29-38(36-75)30-54(57)82-11)61-45(18-7)42(15-4)52(71-61)34-55-68(19-8,20-9)63(76)62(56)72-55/h24-27,29-34,36,70,72H,12-23,28,35H2,1-11H3. The molecule has 0 atom stereocenters. The number of aldehydes is 1. The number of hydrogen-bond acceptors (Lipinski definition) is 10. The summed E-state index contributed by atoms with van der Waals surface area (Å²) < 4.78 is 14.7. The minimum Gasteiger partial charge on any atom is -0.496 e. The van der Waals surface area contributed by atoms with Crippen molar-refractivity contribution in [1.82, 2.24) is 29.1 Å². The minimum atomic E-state index is -0.955.